The van der Waals surface area contributed by atoms with Crippen molar-refractivity contribution in [3.8, 4) is 17.1 Å². The summed E-state index contributed by atoms with van der Waals surface area (Å²) in [6.45, 7) is 8.05. The normalized spacial score (nSPS) is 13.8. The van der Waals surface area contributed by atoms with Crippen molar-refractivity contribution >= 4 is 28.9 Å². The van der Waals surface area contributed by atoms with Crippen LogP contribution in [0.4, 0.5) is 18.9 Å². The van der Waals surface area contributed by atoms with Crippen molar-refractivity contribution in [3.63, 3.8) is 0 Å². The number of anilines is 1. The number of ether oxygens (including phenoxy) is 1. The van der Waals surface area contributed by atoms with Crippen LogP contribution in [0.2, 0.25) is 10.0 Å². The summed E-state index contributed by atoms with van der Waals surface area (Å²) in [5.41, 5.74) is 1.35. The Morgan fingerprint density at radius 1 is 1.15 bits per heavy atom. The minimum absolute atomic E-state index is 0.0384. The van der Waals surface area contributed by atoms with E-state index in [9.17, 15) is 13.2 Å². The number of hydrogen-bond acceptors (Lipinski definition) is 5. The summed E-state index contributed by atoms with van der Waals surface area (Å²) in [6, 6.07) is 7.90. The Labute approximate surface area is 243 Å². The van der Waals surface area contributed by atoms with Gasteiger partial charge in [0.15, 0.2) is 5.69 Å². The van der Waals surface area contributed by atoms with Crippen LogP contribution in [0.15, 0.2) is 58.7 Å². The minimum Gasteiger partial charge on any atom is -0.473 e. The number of aromatic nitrogens is 2. The van der Waals surface area contributed by atoms with Crippen LogP contribution >= 0.6 is 23.2 Å². The molecule has 4 rings (SSSR count). The van der Waals surface area contributed by atoms with Crippen LogP contribution in [0.3, 0.4) is 0 Å². The molecule has 1 aliphatic carbocycles. The van der Waals surface area contributed by atoms with Crippen LogP contribution in [0, 0.1) is 0 Å². The highest BCUT2D eigenvalue weighted by atomic mass is 35.5. The molecule has 10 heteroatoms. The zero-order chi connectivity index (χ0) is 29.4. The van der Waals surface area contributed by atoms with Gasteiger partial charge in [-0.15, -0.1) is 0 Å². The lowest BCUT2D eigenvalue weighted by Crippen LogP contribution is -2.24. The van der Waals surface area contributed by atoms with Gasteiger partial charge >= 0.3 is 6.18 Å². The second-order valence-electron chi connectivity index (χ2n) is 9.09. The molecule has 1 fully saturated rings. The van der Waals surface area contributed by atoms with Crippen LogP contribution in [0.1, 0.15) is 69.9 Å². The molecule has 0 atom stereocenters. The molecule has 0 N–H and O–H groups in total. The molecule has 0 bridgehead atoms. The maximum absolute atomic E-state index is 14.1. The zero-order valence-electron chi connectivity index (χ0n) is 23.3. The fourth-order valence-corrected chi connectivity index (χ4v) is 4.82. The van der Waals surface area contributed by atoms with Gasteiger partial charge in [0, 0.05) is 31.1 Å². The second kappa shape index (κ2) is 14.1. The lowest BCUT2D eigenvalue weighted by molar-refractivity contribution is -0.140. The predicted octanol–water partition coefficient (Wildman–Crippen LogP) is 9.89. The van der Waals surface area contributed by atoms with E-state index >= 15 is 0 Å². The standard InChI is InChI=1S/C28H28Cl2F3N3O2.C2H6/c1-4-7-17(8-5-2)15-36(3)22-13-14-23(34-27(22)28(31,32)33)37-16-19-25(35-38-26(19)18-11-12-18)24-20(29)9-6-10-21(24)30;1-2/h4,6-10,13-14,18H,5,11-12,15-16H2,1-3H3;1-2H3/b7-4-,17-8+;. The SMILES string of the molecule is C/C=C\C(=C/CC)CN(C)c1ccc(OCc2c(-c3c(Cl)cccc3Cl)noc2C2CC2)nc1C(F)(F)F.CC. The first-order valence-electron chi connectivity index (χ1n) is 13.3. The van der Waals surface area contributed by atoms with Crippen molar-refractivity contribution < 1.29 is 22.4 Å². The van der Waals surface area contributed by atoms with Crippen molar-refractivity contribution in [2.24, 2.45) is 0 Å². The van der Waals surface area contributed by atoms with E-state index in [1.54, 1.807) is 25.2 Å². The van der Waals surface area contributed by atoms with E-state index < -0.39 is 11.9 Å². The summed E-state index contributed by atoms with van der Waals surface area (Å²) in [6.07, 6.45) is 3.68. The van der Waals surface area contributed by atoms with Crippen molar-refractivity contribution in [3.05, 3.63) is 81.2 Å². The first kappa shape index (κ1) is 31.6. The van der Waals surface area contributed by atoms with Gasteiger partial charge in [0.25, 0.3) is 0 Å². The summed E-state index contributed by atoms with van der Waals surface area (Å²) < 4.78 is 53.6. The molecule has 1 aromatic carbocycles. The zero-order valence-corrected chi connectivity index (χ0v) is 24.8. The van der Waals surface area contributed by atoms with E-state index in [2.05, 4.69) is 10.1 Å². The average molecular weight is 597 g/mol. The van der Waals surface area contributed by atoms with Crippen molar-refractivity contribution in [2.75, 3.05) is 18.5 Å². The average Bonchev–Trinajstić information content (AvgIpc) is 3.68. The molecule has 1 saturated carbocycles. The van der Waals surface area contributed by atoms with Crippen molar-refractivity contribution in [1.29, 1.82) is 0 Å². The number of rotatable bonds is 10. The molecule has 0 amide bonds. The summed E-state index contributed by atoms with van der Waals surface area (Å²) in [5, 5.41) is 4.96. The van der Waals surface area contributed by atoms with Crippen LogP contribution in [0.5, 0.6) is 5.88 Å². The van der Waals surface area contributed by atoms with Crippen molar-refractivity contribution in [1.82, 2.24) is 10.1 Å². The Hall–Kier alpha value is -2.97. The van der Waals surface area contributed by atoms with Crippen LogP contribution in [-0.4, -0.2) is 23.7 Å². The molecule has 40 heavy (non-hydrogen) atoms. The molecule has 1 aliphatic rings. The van der Waals surface area contributed by atoms with Crippen LogP contribution < -0.4 is 9.64 Å². The summed E-state index contributed by atoms with van der Waals surface area (Å²) in [4.78, 5) is 5.39. The lowest BCUT2D eigenvalue weighted by Gasteiger charge is -2.24. The third-order valence-electron chi connectivity index (χ3n) is 6.13. The third-order valence-corrected chi connectivity index (χ3v) is 6.76. The smallest absolute Gasteiger partial charge is 0.435 e. The van der Waals surface area contributed by atoms with E-state index in [1.165, 1.54) is 17.0 Å². The number of allylic oxidation sites excluding steroid dienone is 2. The number of hydrogen-bond donors (Lipinski definition) is 0. The van der Waals surface area contributed by atoms with E-state index in [1.807, 2.05) is 45.9 Å². The van der Waals surface area contributed by atoms with Gasteiger partial charge in [-0.2, -0.15) is 13.2 Å². The molecule has 3 aromatic rings. The number of benzene rings is 1. The van der Waals surface area contributed by atoms with Gasteiger partial charge in [-0.3, -0.25) is 0 Å². The molecule has 0 aliphatic heterocycles. The molecule has 0 spiro atoms. The lowest BCUT2D eigenvalue weighted by atomic mass is 10.0. The van der Waals surface area contributed by atoms with Gasteiger partial charge in [-0.1, -0.05) is 73.4 Å². The summed E-state index contributed by atoms with van der Waals surface area (Å²) in [7, 11) is 1.61. The third kappa shape index (κ3) is 7.61. The first-order valence-corrected chi connectivity index (χ1v) is 14.1. The van der Waals surface area contributed by atoms with Gasteiger partial charge in [0.2, 0.25) is 5.88 Å². The Morgan fingerprint density at radius 2 is 1.82 bits per heavy atom. The van der Waals surface area contributed by atoms with E-state index in [0.717, 1.165) is 24.8 Å². The molecule has 0 radical (unpaired) electrons. The summed E-state index contributed by atoms with van der Waals surface area (Å²) >= 11 is 12.8. The highest BCUT2D eigenvalue weighted by molar-refractivity contribution is 6.39. The Bertz CT molecular complexity index is 1330. The number of halogens is 5. The minimum atomic E-state index is -4.68. The van der Waals surface area contributed by atoms with Gasteiger partial charge in [0.1, 0.15) is 18.1 Å². The molecule has 0 saturated heterocycles. The predicted molar refractivity (Wildman–Crippen MR) is 155 cm³/mol. The van der Waals surface area contributed by atoms with Gasteiger partial charge < -0.3 is 14.2 Å². The highest BCUT2D eigenvalue weighted by Gasteiger charge is 2.38. The Morgan fingerprint density at radius 3 is 2.40 bits per heavy atom. The van der Waals surface area contributed by atoms with Gasteiger partial charge in [-0.25, -0.2) is 4.98 Å². The first-order chi connectivity index (χ1) is 19.1. The maximum Gasteiger partial charge on any atom is 0.435 e. The molecule has 2 heterocycles. The van der Waals surface area contributed by atoms with E-state index in [0.29, 0.717) is 39.2 Å². The fourth-order valence-electron chi connectivity index (χ4n) is 4.25. The molecular weight excluding hydrogens is 562 g/mol. The van der Waals surface area contributed by atoms with Gasteiger partial charge in [-0.05, 0) is 50.0 Å². The Kier molecular flexibility index (Phi) is 11.1. The summed E-state index contributed by atoms with van der Waals surface area (Å²) in [5.74, 6) is 0.641. The number of alkyl halides is 3. The van der Waals surface area contributed by atoms with Gasteiger partial charge in [0.05, 0.1) is 21.3 Å². The molecule has 5 nitrogen and oxygen atoms in total. The molecular formula is C30H34Cl2F3N3O2. The monoisotopic (exact) mass is 595 g/mol. The Balaban J connectivity index is 0.00000216. The maximum atomic E-state index is 14.1. The molecule has 2 aromatic heterocycles. The second-order valence-corrected chi connectivity index (χ2v) is 9.91. The van der Waals surface area contributed by atoms with Crippen LogP contribution in [-0.2, 0) is 12.8 Å². The topological polar surface area (TPSA) is 51.4 Å². The van der Waals surface area contributed by atoms with E-state index in [-0.39, 0.29) is 24.1 Å². The largest absolute Gasteiger partial charge is 0.473 e. The molecule has 216 valence electrons. The number of pyridine rings is 1. The highest BCUT2D eigenvalue weighted by Crippen LogP contribution is 2.46. The fraction of sp³-hybridized carbons (Fsp3) is 0.400. The number of likely N-dealkylation sites (N-methyl/N-ethyl adjacent to an activating group) is 1. The van der Waals surface area contributed by atoms with E-state index in [4.69, 9.17) is 32.5 Å². The van der Waals surface area contributed by atoms with Crippen LogP contribution in [0.25, 0.3) is 11.3 Å². The molecule has 0 unspecified atom stereocenters. The van der Waals surface area contributed by atoms with Crippen molar-refractivity contribution in [2.45, 2.75) is 65.7 Å². The number of nitrogens with zero attached hydrogens (tertiary/aromatic N) is 3. The quantitative estimate of drug-likeness (QED) is 0.218.